The van der Waals surface area contributed by atoms with Crippen LogP contribution in [0.2, 0.25) is 0 Å². The number of hydrogen-bond donors (Lipinski definition) is 1. The molecule has 6 heteroatoms. The molecule has 0 radical (unpaired) electrons. The van der Waals surface area contributed by atoms with E-state index in [-0.39, 0.29) is 25.1 Å². The Morgan fingerprint density at radius 3 is 2.58 bits per heavy atom. The van der Waals surface area contributed by atoms with Crippen LogP contribution in [0.1, 0.15) is 26.7 Å². The molecule has 1 N–H and O–H groups in total. The zero-order valence-electron chi connectivity index (χ0n) is 11.6. The minimum Gasteiger partial charge on any atom is -0.481 e. The van der Waals surface area contributed by atoms with Crippen molar-refractivity contribution in [3.8, 4) is 0 Å². The predicted molar refractivity (Wildman–Crippen MR) is 68.8 cm³/mol. The van der Waals surface area contributed by atoms with Crippen molar-refractivity contribution < 1.29 is 24.2 Å². The number of carbonyl (C=O) groups excluding carboxylic acids is 1. The molecule has 1 fully saturated rings. The number of carbonyl (C=O) groups is 2. The summed E-state index contributed by atoms with van der Waals surface area (Å²) in [5.74, 6) is -1.43. The Bertz CT molecular complexity index is 307. The van der Waals surface area contributed by atoms with E-state index >= 15 is 0 Å². The largest absolute Gasteiger partial charge is 0.481 e. The van der Waals surface area contributed by atoms with Crippen LogP contribution in [-0.2, 0) is 19.1 Å². The Morgan fingerprint density at radius 2 is 1.95 bits per heavy atom. The summed E-state index contributed by atoms with van der Waals surface area (Å²) in [4.78, 5) is 24.6. The van der Waals surface area contributed by atoms with E-state index in [1.54, 1.807) is 4.90 Å². The van der Waals surface area contributed by atoms with Gasteiger partial charge in [-0.15, -0.1) is 0 Å². The summed E-state index contributed by atoms with van der Waals surface area (Å²) in [5, 5.41) is 9.01. The SMILES string of the molecule is CCOCCOCC(=O)N1CC(C(=O)O)CCC1C. The molecule has 19 heavy (non-hydrogen) atoms. The molecule has 1 saturated heterocycles. The van der Waals surface area contributed by atoms with Gasteiger partial charge < -0.3 is 19.5 Å². The van der Waals surface area contributed by atoms with Crippen molar-refractivity contribution >= 4 is 11.9 Å². The molecular weight excluding hydrogens is 250 g/mol. The Morgan fingerprint density at radius 1 is 1.26 bits per heavy atom. The summed E-state index contributed by atoms with van der Waals surface area (Å²) < 4.78 is 10.3. The van der Waals surface area contributed by atoms with Gasteiger partial charge in [-0.3, -0.25) is 9.59 Å². The van der Waals surface area contributed by atoms with E-state index in [0.717, 1.165) is 6.42 Å². The van der Waals surface area contributed by atoms with Gasteiger partial charge in [0, 0.05) is 19.2 Å². The first-order chi connectivity index (χ1) is 9.06. The molecule has 0 spiro atoms. The van der Waals surface area contributed by atoms with Gasteiger partial charge in [-0.05, 0) is 26.7 Å². The normalized spacial score (nSPS) is 23.4. The van der Waals surface area contributed by atoms with E-state index in [4.69, 9.17) is 14.6 Å². The van der Waals surface area contributed by atoms with Crippen molar-refractivity contribution in [2.75, 3.05) is 33.0 Å². The van der Waals surface area contributed by atoms with Crippen LogP contribution in [0.25, 0.3) is 0 Å². The molecule has 1 aliphatic heterocycles. The molecule has 6 nitrogen and oxygen atoms in total. The standard InChI is InChI=1S/C13H23NO5/c1-3-18-6-7-19-9-12(15)14-8-11(13(16)17)5-4-10(14)2/h10-11H,3-9H2,1-2H3,(H,16,17). The van der Waals surface area contributed by atoms with Crippen LogP contribution in [-0.4, -0.2) is 60.9 Å². The first kappa shape index (κ1) is 15.9. The summed E-state index contributed by atoms with van der Waals surface area (Å²) in [6.45, 7) is 5.58. The first-order valence-electron chi connectivity index (χ1n) is 6.74. The van der Waals surface area contributed by atoms with E-state index in [0.29, 0.717) is 26.2 Å². The molecule has 1 amide bonds. The molecule has 2 atom stereocenters. The fraction of sp³-hybridized carbons (Fsp3) is 0.846. The van der Waals surface area contributed by atoms with Gasteiger partial charge in [0.2, 0.25) is 5.91 Å². The Balaban J connectivity index is 2.34. The van der Waals surface area contributed by atoms with Gasteiger partial charge in [0.1, 0.15) is 6.61 Å². The minimum absolute atomic E-state index is 0.0102. The molecule has 110 valence electrons. The summed E-state index contributed by atoms with van der Waals surface area (Å²) in [7, 11) is 0. The summed E-state index contributed by atoms with van der Waals surface area (Å²) in [5.41, 5.74) is 0. The minimum atomic E-state index is -0.832. The summed E-state index contributed by atoms with van der Waals surface area (Å²) in [6, 6.07) is 0.0820. The van der Waals surface area contributed by atoms with Crippen LogP contribution in [0.5, 0.6) is 0 Å². The maximum Gasteiger partial charge on any atom is 0.308 e. The number of likely N-dealkylation sites (tertiary alicyclic amines) is 1. The quantitative estimate of drug-likeness (QED) is 0.693. The topological polar surface area (TPSA) is 76.1 Å². The van der Waals surface area contributed by atoms with Crippen molar-refractivity contribution in [1.29, 1.82) is 0 Å². The maximum absolute atomic E-state index is 12.0. The maximum atomic E-state index is 12.0. The number of carboxylic acids is 1. The Labute approximate surface area is 113 Å². The van der Waals surface area contributed by atoms with Crippen molar-refractivity contribution in [2.45, 2.75) is 32.7 Å². The molecule has 0 bridgehead atoms. The van der Waals surface area contributed by atoms with Gasteiger partial charge in [0.05, 0.1) is 19.1 Å². The molecule has 0 aliphatic carbocycles. The van der Waals surface area contributed by atoms with Crippen LogP contribution in [0.15, 0.2) is 0 Å². The zero-order valence-corrected chi connectivity index (χ0v) is 11.6. The number of carboxylic acid groups (broad SMARTS) is 1. The van der Waals surface area contributed by atoms with Gasteiger partial charge in [-0.25, -0.2) is 0 Å². The third kappa shape index (κ3) is 5.16. The third-order valence-electron chi connectivity index (χ3n) is 3.35. The zero-order chi connectivity index (χ0) is 14.3. The van der Waals surface area contributed by atoms with E-state index in [1.165, 1.54) is 0 Å². The first-order valence-corrected chi connectivity index (χ1v) is 6.74. The fourth-order valence-electron chi connectivity index (χ4n) is 2.16. The van der Waals surface area contributed by atoms with Crippen molar-refractivity contribution in [2.24, 2.45) is 5.92 Å². The highest BCUT2D eigenvalue weighted by Crippen LogP contribution is 2.22. The molecule has 1 rings (SSSR count). The summed E-state index contributed by atoms with van der Waals surface area (Å²) >= 11 is 0. The number of piperidine rings is 1. The van der Waals surface area contributed by atoms with E-state index in [1.807, 2.05) is 13.8 Å². The molecule has 1 heterocycles. The Hall–Kier alpha value is -1.14. The van der Waals surface area contributed by atoms with Crippen molar-refractivity contribution in [3.63, 3.8) is 0 Å². The van der Waals surface area contributed by atoms with Crippen LogP contribution < -0.4 is 0 Å². The number of hydrogen-bond acceptors (Lipinski definition) is 4. The monoisotopic (exact) mass is 273 g/mol. The highest BCUT2D eigenvalue weighted by molar-refractivity contribution is 5.79. The summed E-state index contributed by atoms with van der Waals surface area (Å²) in [6.07, 6.45) is 1.35. The lowest BCUT2D eigenvalue weighted by Crippen LogP contribution is -2.48. The molecule has 0 aromatic heterocycles. The predicted octanol–water partition coefficient (Wildman–Crippen LogP) is 0.751. The average Bonchev–Trinajstić information content (AvgIpc) is 2.38. The number of rotatable bonds is 7. The molecular formula is C13H23NO5. The van der Waals surface area contributed by atoms with Crippen molar-refractivity contribution in [1.82, 2.24) is 4.90 Å². The van der Waals surface area contributed by atoms with E-state index in [2.05, 4.69) is 0 Å². The number of aliphatic carboxylic acids is 1. The lowest BCUT2D eigenvalue weighted by atomic mass is 9.93. The van der Waals surface area contributed by atoms with Crippen LogP contribution in [0.3, 0.4) is 0 Å². The molecule has 0 saturated carbocycles. The second kappa shape index (κ2) is 8.12. The molecule has 0 aromatic carbocycles. The number of nitrogens with zero attached hydrogens (tertiary/aromatic N) is 1. The van der Waals surface area contributed by atoms with Crippen molar-refractivity contribution in [3.05, 3.63) is 0 Å². The van der Waals surface area contributed by atoms with Gasteiger partial charge in [0.15, 0.2) is 0 Å². The van der Waals surface area contributed by atoms with Crippen LogP contribution in [0, 0.1) is 5.92 Å². The van der Waals surface area contributed by atoms with E-state index < -0.39 is 11.9 Å². The molecule has 0 aromatic rings. The Kier molecular flexibility index (Phi) is 6.80. The lowest BCUT2D eigenvalue weighted by Gasteiger charge is -2.36. The fourth-order valence-corrected chi connectivity index (χ4v) is 2.16. The highest BCUT2D eigenvalue weighted by Gasteiger charge is 2.32. The number of ether oxygens (including phenoxy) is 2. The van der Waals surface area contributed by atoms with Gasteiger partial charge >= 0.3 is 5.97 Å². The molecule has 2 unspecified atom stereocenters. The number of amides is 1. The smallest absolute Gasteiger partial charge is 0.308 e. The van der Waals surface area contributed by atoms with Gasteiger partial charge in [-0.1, -0.05) is 0 Å². The average molecular weight is 273 g/mol. The van der Waals surface area contributed by atoms with E-state index in [9.17, 15) is 9.59 Å². The second-order valence-electron chi connectivity index (χ2n) is 4.76. The van der Waals surface area contributed by atoms with Gasteiger partial charge in [-0.2, -0.15) is 0 Å². The highest BCUT2D eigenvalue weighted by atomic mass is 16.5. The third-order valence-corrected chi connectivity index (χ3v) is 3.35. The van der Waals surface area contributed by atoms with Gasteiger partial charge in [0.25, 0.3) is 0 Å². The van der Waals surface area contributed by atoms with Crippen LogP contribution >= 0.6 is 0 Å². The lowest BCUT2D eigenvalue weighted by molar-refractivity contribution is -0.149. The molecule has 1 aliphatic rings. The second-order valence-corrected chi connectivity index (χ2v) is 4.76. The van der Waals surface area contributed by atoms with Crippen LogP contribution in [0.4, 0.5) is 0 Å².